The van der Waals surface area contributed by atoms with Crippen LogP contribution in [0.5, 0.6) is 0 Å². The predicted molar refractivity (Wildman–Crippen MR) is 53.5 cm³/mol. The van der Waals surface area contributed by atoms with Gasteiger partial charge in [0.2, 0.25) is 0 Å². The van der Waals surface area contributed by atoms with Crippen LogP contribution in [0.1, 0.15) is 13.8 Å². The van der Waals surface area contributed by atoms with E-state index in [1.54, 1.807) is 0 Å². The molecule has 0 atom stereocenters. The van der Waals surface area contributed by atoms with E-state index in [1.807, 2.05) is 11.8 Å². The molecule has 0 aromatic rings. The summed E-state index contributed by atoms with van der Waals surface area (Å²) < 4.78 is 2.14. The van der Waals surface area contributed by atoms with Crippen LogP contribution >= 0.6 is 11.8 Å². The highest BCUT2D eigenvalue weighted by atomic mass is 127. The number of hydrogen-bond acceptors (Lipinski definition) is 1. The Labute approximate surface area is 97.4 Å². The van der Waals surface area contributed by atoms with Gasteiger partial charge < -0.3 is 24.0 Å². The van der Waals surface area contributed by atoms with Crippen LogP contribution in [-0.2, 0) is 0 Å². The highest BCUT2D eigenvalue weighted by molar-refractivity contribution is 8.14. The van der Waals surface area contributed by atoms with Gasteiger partial charge in [0.15, 0.2) is 0 Å². The average Bonchev–Trinajstić information content (AvgIpc) is 1.81. The van der Waals surface area contributed by atoms with Crippen molar-refractivity contribution in [2.45, 2.75) is 19.1 Å². The van der Waals surface area contributed by atoms with Crippen LogP contribution in [0, 0.1) is 0 Å². The Morgan fingerprint density at radius 1 is 1.25 bits per heavy atom. The molecular formula is C8H19IN2S. The topological polar surface area (TPSA) is 6.25 Å². The van der Waals surface area contributed by atoms with Gasteiger partial charge in [-0.25, -0.2) is 0 Å². The van der Waals surface area contributed by atoms with Crippen LogP contribution in [0.15, 0.2) is 0 Å². The Morgan fingerprint density at radius 3 is 1.75 bits per heavy atom. The van der Waals surface area contributed by atoms with Gasteiger partial charge in [0, 0.05) is 5.25 Å². The summed E-state index contributed by atoms with van der Waals surface area (Å²) in [7, 11) is 8.30. The Balaban J connectivity index is 0. The van der Waals surface area contributed by atoms with Crippen molar-refractivity contribution in [2.75, 3.05) is 28.2 Å². The van der Waals surface area contributed by atoms with Crippen molar-refractivity contribution in [2.24, 2.45) is 0 Å². The molecule has 0 spiro atoms. The van der Waals surface area contributed by atoms with Crippen molar-refractivity contribution in [3.63, 3.8) is 0 Å². The Bertz CT molecular complexity index is 151. The minimum Gasteiger partial charge on any atom is -1.00 e. The third-order valence-electron chi connectivity index (χ3n) is 1.11. The summed E-state index contributed by atoms with van der Waals surface area (Å²) in [6.45, 7) is 4.41. The third-order valence-corrected chi connectivity index (χ3v) is 2.52. The van der Waals surface area contributed by atoms with Gasteiger partial charge in [-0.1, -0.05) is 13.8 Å². The highest BCUT2D eigenvalue weighted by Crippen LogP contribution is 2.12. The van der Waals surface area contributed by atoms with Gasteiger partial charge in [0.1, 0.15) is 0 Å². The maximum Gasteiger partial charge on any atom is 0.307 e. The van der Waals surface area contributed by atoms with Gasteiger partial charge in [-0.15, -0.1) is 0 Å². The Hall–Kier alpha value is 0.550. The van der Waals surface area contributed by atoms with Crippen molar-refractivity contribution in [1.29, 1.82) is 0 Å². The van der Waals surface area contributed by atoms with Crippen LogP contribution < -0.4 is 24.0 Å². The second-order valence-electron chi connectivity index (χ2n) is 3.24. The molecule has 0 aromatic carbocycles. The lowest BCUT2D eigenvalue weighted by atomic mass is 10.6. The van der Waals surface area contributed by atoms with Gasteiger partial charge in [0.05, 0.1) is 28.2 Å². The molecule has 74 valence electrons. The van der Waals surface area contributed by atoms with E-state index in [0.717, 1.165) is 0 Å². The zero-order chi connectivity index (χ0) is 9.02. The maximum absolute atomic E-state index is 2.21. The lowest BCUT2D eigenvalue weighted by Gasteiger charge is -2.11. The number of halogens is 1. The first kappa shape index (κ1) is 15.0. The molecule has 4 heteroatoms. The van der Waals surface area contributed by atoms with Gasteiger partial charge in [0.25, 0.3) is 0 Å². The van der Waals surface area contributed by atoms with Crippen LogP contribution in [0.3, 0.4) is 0 Å². The number of amidine groups is 1. The molecule has 12 heavy (non-hydrogen) atoms. The van der Waals surface area contributed by atoms with Crippen molar-refractivity contribution < 1.29 is 28.6 Å². The van der Waals surface area contributed by atoms with Crippen molar-refractivity contribution in [1.82, 2.24) is 4.90 Å². The first-order chi connectivity index (χ1) is 4.95. The van der Waals surface area contributed by atoms with E-state index in [9.17, 15) is 0 Å². The fourth-order valence-corrected chi connectivity index (χ4v) is 1.66. The molecule has 0 aliphatic rings. The maximum atomic E-state index is 2.21. The van der Waals surface area contributed by atoms with Crippen molar-refractivity contribution >= 4 is 16.9 Å². The van der Waals surface area contributed by atoms with Crippen LogP contribution in [0.25, 0.3) is 0 Å². The van der Waals surface area contributed by atoms with Crippen LogP contribution in [0.2, 0.25) is 0 Å². The van der Waals surface area contributed by atoms with E-state index in [-0.39, 0.29) is 24.0 Å². The zero-order valence-electron chi connectivity index (χ0n) is 8.76. The molecule has 0 N–H and O–H groups in total. The Morgan fingerprint density at radius 2 is 1.67 bits per heavy atom. The second kappa shape index (κ2) is 7.00. The molecule has 0 heterocycles. The standard InChI is InChI=1S/C8H19N2S.HI/c1-7(2)11-8(9(3)4)10(5)6;/h7H,1-6H3;1H/q+1;/p-1. The molecule has 0 radical (unpaired) electrons. The molecule has 0 saturated heterocycles. The highest BCUT2D eigenvalue weighted by Gasteiger charge is 2.13. The Kier molecular flexibility index (Phi) is 8.78. The largest absolute Gasteiger partial charge is 1.00 e. The van der Waals surface area contributed by atoms with Gasteiger partial charge in [-0.05, 0) is 11.8 Å². The molecule has 0 amide bonds. The van der Waals surface area contributed by atoms with E-state index in [2.05, 4.69) is 51.5 Å². The average molecular weight is 302 g/mol. The van der Waals surface area contributed by atoms with E-state index in [1.165, 1.54) is 5.17 Å². The molecule has 0 bridgehead atoms. The summed E-state index contributed by atoms with van der Waals surface area (Å²) in [5.41, 5.74) is 0. The lowest BCUT2D eigenvalue weighted by molar-refractivity contribution is -0.466. The smallest absolute Gasteiger partial charge is 0.307 e. The number of rotatable bonds is 1. The monoisotopic (exact) mass is 302 g/mol. The first-order valence-corrected chi connectivity index (χ1v) is 4.71. The molecular weight excluding hydrogens is 283 g/mol. The fourth-order valence-electron chi connectivity index (χ4n) is 0.822. The fraction of sp³-hybridized carbons (Fsp3) is 0.875. The van der Waals surface area contributed by atoms with E-state index < -0.39 is 0 Å². The SMILES string of the molecule is CC(C)SC(N(C)C)=[N+](C)C.[I-]. The lowest BCUT2D eigenvalue weighted by Crippen LogP contribution is -3.00. The summed E-state index contributed by atoms with van der Waals surface area (Å²) in [5, 5.41) is 1.95. The van der Waals surface area contributed by atoms with Gasteiger partial charge >= 0.3 is 5.17 Å². The third kappa shape index (κ3) is 6.11. The molecule has 0 fully saturated rings. The minimum atomic E-state index is 0. The summed E-state index contributed by atoms with van der Waals surface area (Å²) in [6.07, 6.45) is 0. The zero-order valence-corrected chi connectivity index (χ0v) is 11.7. The van der Waals surface area contributed by atoms with E-state index in [4.69, 9.17) is 0 Å². The minimum absolute atomic E-state index is 0. The number of thioether (sulfide) groups is 1. The van der Waals surface area contributed by atoms with Gasteiger partial charge in [-0.3, -0.25) is 9.48 Å². The van der Waals surface area contributed by atoms with Crippen LogP contribution in [0.4, 0.5) is 0 Å². The quantitative estimate of drug-likeness (QED) is 0.247. The first-order valence-electron chi connectivity index (χ1n) is 3.83. The van der Waals surface area contributed by atoms with Crippen molar-refractivity contribution in [3.05, 3.63) is 0 Å². The summed E-state index contributed by atoms with van der Waals surface area (Å²) in [4.78, 5) is 2.14. The molecule has 0 rings (SSSR count). The van der Waals surface area contributed by atoms with Crippen molar-refractivity contribution in [3.8, 4) is 0 Å². The number of nitrogens with zero attached hydrogens (tertiary/aromatic N) is 2. The number of hydrogen-bond donors (Lipinski definition) is 0. The molecule has 0 aromatic heterocycles. The molecule has 0 aliphatic carbocycles. The second-order valence-corrected chi connectivity index (χ2v) is 4.78. The normalized spacial score (nSPS) is 9.25. The molecule has 0 saturated carbocycles. The molecule has 0 unspecified atom stereocenters. The van der Waals surface area contributed by atoms with Crippen LogP contribution in [-0.4, -0.2) is 48.1 Å². The molecule has 2 nitrogen and oxygen atoms in total. The summed E-state index contributed by atoms with van der Waals surface area (Å²) in [6, 6.07) is 0. The van der Waals surface area contributed by atoms with E-state index >= 15 is 0 Å². The van der Waals surface area contributed by atoms with Gasteiger partial charge in [-0.2, -0.15) is 0 Å². The summed E-state index contributed by atoms with van der Waals surface area (Å²) in [5.74, 6) is 0. The molecule has 0 aliphatic heterocycles. The predicted octanol–water partition coefficient (Wildman–Crippen LogP) is -1.68. The van der Waals surface area contributed by atoms with E-state index in [0.29, 0.717) is 5.25 Å². The summed E-state index contributed by atoms with van der Waals surface area (Å²) >= 11 is 1.88.